The van der Waals surface area contributed by atoms with Gasteiger partial charge in [0.2, 0.25) is 5.91 Å². The van der Waals surface area contributed by atoms with Crippen LogP contribution in [0.5, 0.6) is 0 Å². The Morgan fingerprint density at radius 2 is 2.07 bits per heavy atom. The molecule has 0 fully saturated rings. The van der Waals surface area contributed by atoms with Crippen LogP contribution in [0.25, 0.3) is 6.08 Å². The number of thiophene rings is 1. The Hall–Kier alpha value is -1.82. The monoisotopic (exact) mass is 451 g/mol. The Morgan fingerprint density at radius 3 is 2.76 bits per heavy atom. The van der Waals surface area contributed by atoms with Crippen LogP contribution in [0, 0.1) is 5.92 Å². The molecule has 3 rings (SSSR count). The van der Waals surface area contributed by atoms with Crippen molar-refractivity contribution >= 4 is 57.5 Å². The normalized spacial score (nSPS) is 16.1. The molecule has 0 spiro atoms. The fourth-order valence-electron chi connectivity index (χ4n) is 3.28. The minimum absolute atomic E-state index is 0.226. The third kappa shape index (κ3) is 5.41. The maximum atomic E-state index is 12.7. The summed E-state index contributed by atoms with van der Waals surface area (Å²) >= 11 is 13.5. The van der Waals surface area contributed by atoms with Crippen LogP contribution in [-0.2, 0) is 22.4 Å². The zero-order valence-corrected chi connectivity index (χ0v) is 18.9. The molecule has 154 valence electrons. The summed E-state index contributed by atoms with van der Waals surface area (Å²) in [6.45, 7) is 5.83. The molecule has 1 atom stereocenters. The largest absolute Gasteiger partial charge is 0.459 e. The van der Waals surface area contributed by atoms with E-state index in [9.17, 15) is 9.59 Å². The van der Waals surface area contributed by atoms with E-state index in [1.165, 1.54) is 17.4 Å². The molecular weight excluding hydrogens is 429 g/mol. The SMILES string of the molecule is CC(C)OC(=O)c1c(NC(=O)/C=C/c2ccc(Cl)cc2Cl)sc2c1CC[C@@H](C)C2. The van der Waals surface area contributed by atoms with E-state index in [1.54, 1.807) is 24.3 Å². The summed E-state index contributed by atoms with van der Waals surface area (Å²) in [5, 5.41) is 4.40. The first-order chi connectivity index (χ1) is 13.7. The van der Waals surface area contributed by atoms with Gasteiger partial charge in [-0.3, -0.25) is 4.79 Å². The van der Waals surface area contributed by atoms with Crippen molar-refractivity contribution in [2.45, 2.75) is 46.1 Å². The number of carbonyl (C=O) groups is 2. The lowest BCUT2D eigenvalue weighted by Crippen LogP contribution is -2.18. The summed E-state index contributed by atoms with van der Waals surface area (Å²) in [5.41, 5.74) is 2.20. The van der Waals surface area contributed by atoms with Gasteiger partial charge in [-0.15, -0.1) is 11.3 Å². The van der Waals surface area contributed by atoms with Gasteiger partial charge in [-0.25, -0.2) is 4.79 Å². The van der Waals surface area contributed by atoms with Crippen molar-refractivity contribution in [3.63, 3.8) is 0 Å². The van der Waals surface area contributed by atoms with Crippen molar-refractivity contribution in [2.24, 2.45) is 5.92 Å². The van der Waals surface area contributed by atoms with Crippen molar-refractivity contribution in [1.29, 1.82) is 0 Å². The Bertz CT molecular complexity index is 965. The smallest absolute Gasteiger partial charge is 0.341 e. The average Bonchev–Trinajstić information content (AvgIpc) is 2.97. The maximum Gasteiger partial charge on any atom is 0.341 e. The van der Waals surface area contributed by atoms with Crippen molar-refractivity contribution in [2.75, 3.05) is 5.32 Å². The Morgan fingerprint density at radius 1 is 1.31 bits per heavy atom. The third-order valence-corrected chi connectivity index (χ3v) is 6.40. The van der Waals surface area contributed by atoms with Crippen molar-refractivity contribution < 1.29 is 14.3 Å². The topological polar surface area (TPSA) is 55.4 Å². The molecule has 0 saturated carbocycles. The highest BCUT2D eigenvalue weighted by molar-refractivity contribution is 7.17. The second-order valence-corrected chi connectivity index (χ2v) is 9.45. The number of halogens is 2. The highest BCUT2D eigenvalue weighted by Crippen LogP contribution is 2.40. The first-order valence-corrected chi connectivity index (χ1v) is 11.1. The number of fused-ring (bicyclic) bond motifs is 1. The zero-order chi connectivity index (χ0) is 21.1. The summed E-state index contributed by atoms with van der Waals surface area (Å²) in [6, 6.07) is 5.07. The van der Waals surface area contributed by atoms with E-state index in [-0.39, 0.29) is 18.0 Å². The maximum absolute atomic E-state index is 12.7. The highest BCUT2D eigenvalue weighted by Gasteiger charge is 2.29. The van der Waals surface area contributed by atoms with E-state index in [2.05, 4.69) is 12.2 Å². The van der Waals surface area contributed by atoms with Crippen molar-refractivity contribution in [1.82, 2.24) is 0 Å². The number of benzene rings is 1. The third-order valence-electron chi connectivity index (χ3n) is 4.67. The number of anilines is 1. The first kappa shape index (κ1) is 21.9. The molecule has 2 aromatic rings. The molecule has 4 nitrogen and oxygen atoms in total. The molecule has 0 saturated heterocycles. The van der Waals surface area contributed by atoms with Crippen LogP contribution in [0.3, 0.4) is 0 Å². The van der Waals surface area contributed by atoms with Gasteiger partial charge in [-0.1, -0.05) is 36.2 Å². The molecule has 1 heterocycles. The Kier molecular flexibility index (Phi) is 7.04. The number of hydrogen-bond acceptors (Lipinski definition) is 4. The molecular formula is C22H23Cl2NO3S. The molecule has 0 unspecified atom stereocenters. The summed E-state index contributed by atoms with van der Waals surface area (Å²) in [6.07, 6.45) is 5.55. The van der Waals surface area contributed by atoms with E-state index in [4.69, 9.17) is 27.9 Å². The molecule has 1 amide bonds. The van der Waals surface area contributed by atoms with Crippen LogP contribution in [-0.4, -0.2) is 18.0 Å². The van der Waals surface area contributed by atoms with Crippen LogP contribution in [0.1, 0.15) is 53.6 Å². The fourth-order valence-corrected chi connectivity index (χ4v) is 5.16. The lowest BCUT2D eigenvalue weighted by molar-refractivity contribution is -0.111. The number of amides is 1. The summed E-state index contributed by atoms with van der Waals surface area (Å²) in [5.74, 6) is -0.154. The molecule has 0 aliphatic heterocycles. The number of esters is 1. The van der Waals surface area contributed by atoms with Gasteiger partial charge in [0, 0.05) is 21.0 Å². The fraction of sp³-hybridized carbons (Fsp3) is 0.364. The van der Waals surface area contributed by atoms with Gasteiger partial charge < -0.3 is 10.1 Å². The summed E-state index contributed by atoms with van der Waals surface area (Å²) < 4.78 is 5.43. The van der Waals surface area contributed by atoms with Gasteiger partial charge in [-0.2, -0.15) is 0 Å². The molecule has 0 radical (unpaired) electrons. The Labute approximate surface area is 184 Å². The van der Waals surface area contributed by atoms with Gasteiger partial charge in [-0.05, 0) is 68.4 Å². The van der Waals surface area contributed by atoms with E-state index >= 15 is 0 Å². The van der Waals surface area contributed by atoms with Crippen LogP contribution < -0.4 is 5.32 Å². The van der Waals surface area contributed by atoms with Gasteiger partial charge in [0.1, 0.15) is 5.00 Å². The summed E-state index contributed by atoms with van der Waals surface area (Å²) in [4.78, 5) is 26.4. The first-order valence-electron chi connectivity index (χ1n) is 9.54. The minimum Gasteiger partial charge on any atom is -0.459 e. The van der Waals surface area contributed by atoms with Crippen LogP contribution in [0.15, 0.2) is 24.3 Å². The average molecular weight is 452 g/mol. The van der Waals surface area contributed by atoms with Gasteiger partial charge >= 0.3 is 5.97 Å². The van der Waals surface area contributed by atoms with Crippen LogP contribution >= 0.6 is 34.5 Å². The standard InChI is InChI=1S/C22H23Cl2NO3S/c1-12(2)28-22(27)20-16-8-4-13(3)10-18(16)29-21(20)25-19(26)9-6-14-5-7-15(23)11-17(14)24/h5-7,9,11-13H,4,8,10H2,1-3H3,(H,25,26)/b9-6+/t13-/m1/s1. The predicted molar refractivity (Wildman–Crippen MR) is 120 cm³/mol. The molecule has 1 aromatic heterocycles. The molecule has 7 heteroatoms. The molecule has 1 aliphatic carbocycles. The van der Waals surface area contributed by atoms with Gasteiger partial charge in [0.15, 0.2) is 0 Å². The molecule has 1 aliphatic rings. The van der Waals surface area contributed by atoms with Crippen molar-refractivity contribution in [3.05, 3.63) is 55.9 Å². The molecule has 1 aromatic carbocycles. The van der Waals surface area contributed by atoms with Gasteiger partial charge in [0.05, 0.1) is 11.7 Å². The van der Waals surface area contributed by atoms with E-state index < -0.39 is 0 Å². The zero-order valence-electron chi connectivity index (χ0n) is 16.6. The quantitative estimate of drug-likeness (QED) is 0.422. The van der Waals surface area contributed by atoms with Crippen LogP contribution in [0.2, 0.25) is 10.0 Å². The lowest BCUT2D eigenvalue weighted by Gasteiger charge is -2.18. The summed E-state index contributed by atoms with van der Waals surface area (Å²) in [7, 11) is 0. The van der Waals surface area contributed by atoms with Gasteiger partial charge in [0.25, 0.3) is 0 Å². The van der Waals surface area contributed by atoms with E-state index in [0.29, 0.717) is 32.1 Å². The number of ether oxygens (including phenoxy) is 1. The number of carbonyl (C=O) groups excluding carboxylic acids is 2. The molecule has 29 heavy (non-hydrogen) atoms. The Balaban J connectivity index is 1.84. The molecule has 1 N–H and O–H groups in total. The van der Waals surface area contributed by atoms with Crippen LogP contribution in [0.4, 0.5) is 5.00 Å². The number of hydrogen-bond donors (Lipinski definition) is 1. The van der Waals surface area contributed by atoms with E-state index in [0.717, 1.165) is 29.7 Å². The van der Waals surface area contributed by atoms with E-state index in [1.807, 2.05) is 13.8 Å². The predicted octanol–water partition coefficient (Wildman–Crippen LogP) is 6.40. The second kappa shape index (κ2) is 9.33. The highest BCUT2D eigenvalue weighted by atomic mass is 35.5. The molecule has 0 bridgehead atoms. The lowest BCUT2D eigenvalue weighted by atomic mass is 9.88. The number of nitrogens with one attached hydrogen (secondary N) is 1. The van der Waals surface area contributed by atoms with Crippen molar-refractivity contribution in [3.8, 4) is 0 Å². The minimum atomic E-state index is -0.382. The number of rotatable bonds is 5. The second-order valence-electron chi connectivity index (χ2n) is 7.50.